The van der Waals surface area contributed by atoms with Crippen molar-refractivity contribution >= 4 is 11.9 Å². The molecule has 0 spiro atoms. The van der Waals surface area contributed by atoms with Crippen molar-refractivity contribution in [2.45, 2.75) is 19.8 Å². The van der Waals surface area contributed by atoms with Crippen LogP contribution in [0.4, 0.5) is 0 Å². The van der Waals surface area contributed by atoms with Crippen LogP contribution in [-0.2, 0) is 19.4 Å². The van der Waals surface area contributed by atoms with E-state index in [0.717, 1.165) is 0 Å². The summed E-state index contributed by atoms with van der Waals surface area (Å²) < 4.78 is 4.96. The average molecular weight is 219 g/mol. The van der Waals surface area contributed by atoms with Crippen LogP contribution in [0.1, 0.15) is 19.8 Å². The summed E-state index contributed by atoms with van der Waals surface area (Å²) in [7, 11) is 0. The Kier molecular flexibility index (Phi) is 5.88. The van der Waals surface area contributed by atoms with E-state index in [1.54, 1.807) is 0 Å². The van der Waals surface area contributed by atoms with Crippen molar-refractivity contribution in [1.82, 2.24) is 0 Å². The first-order valence-electron chi connectivity index (χ1n) is 4.53. The maximum Gasteiger partial charge on any atom is 0.314 e. The molecule has 0 bridgehead atoms. The highest BCUT2D eigenvalue weighted by atomic mass is 16.5. The highest BCUT2D eigenvalue weighted by molar-refractivity contribution is 5.74. The highest BCUT2D eigenvalue weighted by Crippen LogP contribution is 2.16. The topological polar surface area (TPSA) is 104 Å². The van der Waals surface area contributed by atoms with Gasteiger partial charge in [-0.25, -0.2) is 5.11 Å². The largest absolute Gasteiger partial charge is 0.481 e. The van der Waals surface area contributed by atoms with Gasteiger partial charge in [-0.2, -0.15) is 0 Å². The summed E-state index contributed by atoms with van der Waals surface area (Å²) in [5, 5.41) is 27.6. The Labute approximate surface area is 87.5 Å². The summed E-state index contributed by atoms with van der Waals surface area (Å²) in [6.07, 6.45) is 0.283. The van der Waals surface area contributed by atoms with Crippen LogP contribution in [0.5, 0.6) is 0 Å². The Morgan fingerprint density at radius 1 is 1.33 bits per heavy atom. The molecule has 15 heavy (non-hydrogen) atoms. The van der Waals surface area contributed by atoms with Gasteiger partial charge in [-0.05, 0) is 13.3 Å². The van der Waals surface area contributed by atoms with Crippen molar-refractivity contribution in [1.29, 1.82) is 0 Å². The van der Waals surface area contributed by atoms with Gasteiger partial charge in [-0.15, -0.1) is 0 Å². The van der Waals surface area contributed by atoms with Gasteiger partial charge in [-0.1, -0.05) is 0 Å². The summed E-state index contributed by atoms with van der Waals surface area (Å²) in [5.41, 5.74) is -1.43. The minimum Gasteiger partial charge on any atom is -0.481 e. The molecule has 0 saturated heterocycles. The van der Waals surface area contributed by atoms with E-state index in [1.807, 2.05) is 0 Å². The SMILES string of the molecule is CC(C[O])(COCCCC(=O)O)C(=O)O. The summed E-state index contributed by atoms with van der Waals surface area (Å²) >= 11 is 0. The smallest absolute Gasteiger partial charge is 0.314 e. The lowest BCUT2D eigenvalue weighted by atomic mass is 9.93. The predicted molar refractivity (Wildman–Crippen MR) is 49.0 cm³/mol. The normalized spacial score (nSPS) is 14.5. The molecule has 6 nitrogen and oxygen atoms in total. The zero-order valence-electron chi connectivity index (χ0n) is 8.56. The second-order valence-electron chi connectivity index (χ2n) is 3.56. The van der Waals surface area contributed by atoms with Gasteiger partial charge in [0.15, 0.2) is 0 Å². The lowest BCUT2D eigenvalue weighted by Gasteiger charge is -2.20. The van der Waals surface area contributed by atoms with E-state index in [1.165, 1.54) is 6.92 Å². The molecule has 0 aliphatic rings. The summed E-state index contributed by atoms with van der Waals surface area (Å²) in [6, 6.07) is 0. The molecule has 0 rings (SSSR count). The maximum absolute atomic E-state index is 10.7. The molecule has 6 heteroatoms. The van der Waals surface area contributed by atoms with Crippen LogP contribution in [0.25, 0.3) is 0 Å². The van der Waals surface area contributed by atoms with Crippen molar-refractivity contribution in [2.75, 3.05) is 19.8 Å². The summed E-state index contributed by atoms with van der Waals surface area (Å²) in [6.45, 7) is 0.501. The minimum absolute atomic E-state index is 0.0266. The van der Waals surface area contributed by atoms with Gasteiger partial charge in [0.2, 0.25) is 0 Å². The number of carboxylic acid groups (broad SMARTS) is 2. The molecule has 0 aliphatic carbocycles. The highest BCUT2D eigenvalue weighted by Gasteiger charge is 2.33. The van der Waals surface area contributed by atoms with Crippen molar-refractivity contribution in [2.24, 2.45) is 5.41 Å². The number of ether oxygens (including phenoxy) is 1. The van der Waals surface area contributed by atoms with E-state index in [9.17, 15) is 14.7 Å². The quantitative estimate of drug-likeness (QED) is 0.574. The molecule has 0 amide bonds. The van der Waals surface area contributed by atoms with Crippen LogP contribution >= 0.6 is 0 Å². The molecule has 2 N–H and O–H groups in total. The third-order valence-corrected chi connectivity index (χ3v) is 1.93. The van der Waals surface area contributed by atoms with Gasteiger partial charge >= 0.3 is 11.9 Å². The first-order chi connectivity index (χ1) is 6.92. The fraction of sp³-hybridized carbons (Fsp3) is 0.778. The molecular weight excluding hydrogens is 204 g/mol. The van der Waals surface area contributed by atoms with E-state index >= 15 is 0 Å². The van der Waals surface area contributed by atoms with Crippen LogP contribution in [0.15, 0.2) is 0 Å². The number of carboxylic acids is 2. The minimum atomic E-state index is -1.43. The number of aliphatic carboxylic acids is 2. The van der Waals surface area contributed by atoms with Crippen LogP contribution < -0.4 is 0 Å². The summed E-state index contributed by atoms with van der Waals surface area (Å²) in [5.74, 6) is -2.13. The number of carbonyl (C=O) groups is 2. The molecule has 0 aliphatic heterocycles. The Morgan fingerprint density at radius 2 is 1.93 bits per heavy atom. The maximum atomic E-state index is 10.7. The fourth-order valence-corrected chi connectivity index (χ4v) is 0.788. The molecule has 0 fully saturated rings. The monoisotopic (exact) mass is 219 g/mol. The van der Waals surface area contributed by atoms with E-state index in [4.69, 9.17) is 14.9 Å². The standard InChI is InChI=1S/C9H15O6/c1-9(5-10,8(13)14)6-15-4-2-3-7(11)12/h2-6H2,1H3,(H,11,12)(H,13,14). The van der Waals surface area contributed by atoms with Gasteiger partial charge in [0.1, 0.15) is 12.0 Å². The lowest BCUT2D eigenvalue weighted by Crippen LogP contribution is -2.36. The van der Waals surface area contributed by atoms with Crippen molar-refractivity contribution in [3.05, 3.63) is 0 Å². The second kappa shape index (κ2) is 6.36. The third kappa shape index (κ3) is 5.34. The Morgan fingerprint density at radius 3 is 2.33 bits per heavy atom. The third-order valence-electron chi connectivity index (χ3n) is 1.93. The molecule has 0 aromatic rings. The van der Waals surface area contributed by atoms with Gasteiger partial charge in [0.25, 0.3) is 0 Å². The molecule has 0 saturated carbocycles. The van der Waals surface area contributed by atoms with Crippen LogP contribution in [0.2, 0.25) is 0 Å². The van der Waals surface area contributed by atoms with E-state index in [2.05, 4.69) is 0 Å². The first-order valence-corrected chi connectivity index (χ1v) is 4.53. The van der Waals surface area contributed by atoms with Crippen molar-refractivity contribution < 1.29 is 29.6 Å². The number of hydrogen-bond donors (Lipinski definition) is 2. The molecule has 87 valence electrons. The lowest BCUT2D eigenvalue weighted by molar-refractivity contribution is -0.156. The molecule has 1 unspecified atom stereocenters. The van der Waals surface area contributed by atoms with Gasteiger partial charge in [0, 0.05) is 13.0 Å². The van der Waals surface area contributed by atoms with E-state index < -0.39 is 24.0 Å². The second-order valence-corrected chi connectivity index (χ2v) is 3.56. The molecule has 0 aromatic carbocycles. The molecule has 0 heterocycles. The van der Waals surface area contributed by atoms with Crippen LogP contribution in [0, 0.1) is 5.41 Å². The summed E-state index contributed by atoms with van der Waals surface area (Å²) in [4.78, 5) is 20.8. The van der Waals surface area contributed by atoms with Gasteiger partial charge < -0.3 is 14.9 Å². The molecule has 1 radical (unpaired) electrons. The van der Waals surface area contributed by atoms with Crippen LogP contribution in [0.3, 0.4) is 0 Å². The van der Waals surface area contributed by atoms with E-state index in [0.29, 0.717) is 6.42 Å². The van der Waals surface area contributed by atoms with Gasteiger partial charge in [-0.3, -0.25) is 9.59 Å². The zero-order valence-corrected chi connectivity index (χ0v) is 8.56. The van der Waals surface area contributed by atoms with Crippen LogP contribution in [-0.4, -0.2) is 42.0 Å². The Bertz CT molecular complexity index is 227. The predicted octanol–water partition coefficient (Wildman–Crippen LogP) is 0.389. The van der Waals surface area contributed by atoms with Crippen molar-refractivity contribution in [3.63, 3.8) is 0 Å². The van der Waals surface area contributed by atoms with E-state index in [-0.39, 0.29) is 19.6 Å². The Balaban J connectivity index is 3.73. The molecular formula is C9H15O6. The first kappa shape index (κ1) is 13.9. The molecule has 0 aromatic heterocycles. The van der Waals surface area contributed by atoms with Crippen molar-refractivity contribution in [3.8, 4) is 0 Å². The Hall–Kier alpha value is -1.14. The number of hydrogen-bond acceptors (Lipinski definition) is 3. The average Bonchev–Trinajstić information content (AvgIpc) is 2.16. The number of rotatable bonds is 8. The fourth-order valence-electron chi connectivity index (χ4n) is 0.788. The van der Waals surface area contributed by atoms with Gasteiger partial charge in [0.05, 0.1) is 6.61 Å². The molecule has 1 atom stereocenters. The zero-order chi connectivity index (χ0) is 11.9.